The number of ether oxygens (including phenoxy) is 2. The molecule has 0 bridgehead atoms. The van der Waals surface area contributed by atoms with E-state index >= 15 is 0 Å². The molecular weight excluding hydrogens is 380 g/mol. The number of anilines is 1. The maximum absolute atomic E-state index is 12.6. The van der Waals surface area contributed by atoms with E-state index in [9.17, 15) is 13.2 Å². The molecule has 0 saturated carbocycles. The molecule has 0 unspecified atom stereocenters. The summed E-state index contributed by atoms with van der Waals surface area (Å²) in [7, 11) is 1.25. The van der Waals surface area contributed by atoms with Crippen molar-refractivity contribution in [3.63, 3.8) is 0 Å². The standard InChI is InChI=1S/C20H26N2O5S/c1-6-17(15-9-12-18(26-3)19(13-15)27-4)21-20(23)14-7-10-16(11-8-14)22(2)28(5,24)25/h7-13,17H,6H2,1-5H3,(H,21,23)/t17-/m1/s1. The molecule has 0 heterocycles. The summed E-state index contributed by atoms with van der Waals surface area (Å²) in [4.78, 5) is 12.6. The topological polar surface area (TPSA) is 84.9 Å². The second kappa shape index (κ2) is 8.97. The Labute approximate surface area is 166 Å². The van der Waals surface area contributed by atoms with Crippen molar-refractivity contribution in [1.82, 2.24) is 5.32 Å². The number of methoxy groups -OCH3 is 2. The van der Waals surface area contributed by atoms with Crippen molar-refractivity contribution in [2.75, 3.05) is 31.8 Å². The number of carbonyl (C=O) groups excluding carboxylic acids is 1. The molecule has 0 fully saturated rings. The van der Waals surface area contributed by atoms with Crippen molar-refractivity contribution in [2.45, 2.75) is 19.4 Å². The highest BCUT2D eigenvalue weighted by Crippen LogP contribution is 2.31. The minimum atomic E-state index is -3.35. The Morgan fingerprint density at radius 2 is 1.68 bits per heavy atom. The number of nitrogens with one attached hydrogen (secondary N) is 1. The smallest absolute Gasteiger partial charge is 0.251 e. The SMILES string of the molecule is CC[C@@H](NC(=O)c1ccc(N(C)S(C)(=O)=O)cc1)c1ccc(OC)c(OC)c1. The van der Waals surface area contributed by atoms with Gasteiger partial charge in [0.1, 0.15) is 0 Å². The zero-order valence-electron chi connectivity index (χ0n) is 16.7. The van der Waals surface area contributed by atoms with E-state index < -0.39 is 10.0 Å². The fourth-order valence-electron chi connectivity index (χ4n) is 2.75. The molecule has 152 valence electrons. The quantitative estimate of drug-likeness (QED) is 0.728. The van der Waals surface area contributed by atoms with Gasteiger partial charge in [-0.15, -0.1) is 0 Å². The summed E-state index contributed by atoms with van der Waals surface area (Å²) in [5, 5.41) is 3.00. The van der Waals surface area contributed by atoms with Crippen LogP contribution in [-0.2, 0) is 10.0 Å². The van der Waals surface area contributed by atoms with Crippen LogP contribution >= 0.6 is 0 Å². The minimum Gasteiger partial charge on any atom is -0.493 e. The van der Waals surface area contributed by atoms with Gasteiger partial charge < -0.3 is 14.8 Å². The average Bonchev–Trinajstić information content (AvgIpc) is 2.70. The maximum atomic E-state index is 12.6. The average molecular weight is 407 g/mol. The highest BCUT2D eigenvalue weighted by Gasteiger charge is 2.17. The number of hydrogen-bond acceptors (Lipinski definition) is 5. The maximum Gasteiger partial charge on any atom is 0.251 e. The second-order valence-corrected chi connectivity index (χ2v) is 8.34. The van der Waals surface area contributed by atoms with Crippen LogP contribution in [0, 0.1) is 0 Å². The van der Waals surface area contributed by atoms with Gasteiger partial charge in [0.2, 0.25) is 10.0 Å². The minimum absolute atomic E-state index is 0.203. The molecule has 0 radical (unpaired) electrons. The van der Waals surface area contributed by atoms with Gasteiger partial charge in [-0.2, -0.15) is 0 Å². The second-order valence-electron chi connectivity index (χ2n) is 6.33. The molecule has 0 aliphatic rings. The number of benzene rings is 2. The number of nitrogens with zero attached hydrogens (tertiary/aromatic N) is 1. The molecule has 2 aromatic carbocycles. The number of sulfonamides is 1. The van der Waals surface area contributed by atoms with Crippen LogP contribution in [0.4, 0.5) is 5.69 Å². The van der Waals surface area contributed by atoms with Gasteiger partial charge in [0.25, 0.3) is 5.91 Å². The molecule has 0 aliphatic carbocycles. The van der Waals surface area contributed by atoms with E-state index in [2.05, 4.69) is 5.32 Å². The van der Waals surface area contributed by atoms with E-state index in [1.54, 1.807) is 44.6 Å². The van der Waals surface area contributed by atoms with Gasteiger partial charge in [0.15, 0.2) is 11.5 Å². The fourth-order valence-corrected chi connectivity index (χ4v) is 3.25. The van der Waals surface area contributed by atoms with Crippen molar-refractivity contribution in [2.24, 2.45) is 0 Å². The molecule has 1 amide bonds. The zero-order valence-corrected chi connectivity index (χ0v) is 17.5. The first-order valence-corrected chi connectivity index (χ1v) is 10.6. The molecule has 0 saturated heterocycles. The molecular formula is C20H26N2O5S. The van der Waals surface area contributed by atoms with Gasteiger partial charge in [-0.25, -0.2) is 8.42 Å². The largest absolute Gasteiger partial charge is 0.493 e. The van der Waals surface area contributed by atoms with Crippen LogP contribution in [0.25, 0.3) is 0 Å². The summed E-state index contributed by atoms with van der Waals surface area (Å²) in [6.45, 7) is 1.98. The molecule has 8 heteroatoms. The van der Waals surface area contributed by atoms with Gasteiger partial charge in [0, 0.05) is 12.6 Å². The molecule has 2 rings (SSSR count). The molecule has 1 atom stereocenters. The van der Waals surface area contributed by atoms with Gasteiger partial charge >= 0.3 is 0 Å². The van der Waals surface area contributed by atoms with E-state index in [0.717, 1.165) is 16.1 Å². The predicted molar refractivity (Wildman–Crippen MR) is 110 cm³/mol. The van der Waals surface area contributed by atoms with Crippen LogP contribution in [-0.4, -0.2) is 41.8 Å². The van der Waals surface area contributed by atoms with Crippen molar-refractivity contribution in [3.8, 4) is 11.5 Å². The van der Waals surface area contributed by atoms with Crippen LogP contribution in [0.2, 0.25) is 0 Å². The first-order chi connectivity index (χ1) is 13.2. The zero-order chi connectivity index (χ0) is 20.9. The lowest BCUT2D eigenvalue weighted by atomic mass is 10.0. The summed E-state index contributed by atoms with van der Waals surface area (Å²) in [6, 6.07) is 11.8. The molecule has 0 spiro atoms. The normalized spacial score (nSPS) is 12.2. The van der Waals surface area contributed by atoms with E-state index in [-0.39, 0.29) is 11.9 Å². The van der Waals surface area contributed by atoms with Crippen molar-refractivity contribution in [1.29, 1.82) is 0 Å². The first-order valence-electron chi connectivity index (χ1n) is 8.78. The summed E-state index contributed by atoms with van der Waals surface area (Å²) in [6.07, 6.45) is 1.82. The molecule has 0 aromatic heterocycles. The van der Waals surface area contributed by atoms with Gasteiger partial charge in [-0.1, -0.05) is 13.0 Å². The van der Waals surface area contributed by atoms with Crippen LogP contribution in [0.15, 0.2) is 42.5 Å². The van der Waals surface area contributed by atoms with Crippen molar-refractivity contribution in [3.05, 3.63) is 53.6 Å². The summed E-state index contributed by atoms with van der Waals surface area (Å²) in [5.74, 6) is 0.981. The third-order valence-electron chi connectivity index (χ3n) is 4.51. The number of rotatable bonds is 8. The molecule has 0 aliphatic heterocycles. The highest BCUT2D eigenvalue weighted by atomic mass is 32.2. The number of amides is 1. The fraction of sp³-hybridized carbons (Fsp3) is 0.350. The molecule has 7 nitrogen and oxygen atoms in total. The monoisotopic (exact) mass is 406 g/mol. The Balaban J connectivity index is 2.18. The lowest BCUT2D eigenvalue weighted by molar-refractivity contribution is 0.0935. The Hall–Kier alpha value is -2.74. The van der Waals surface area contributed by atoms with E-state index in [0.29, 0.717) is 29.2 Å². The van der Waals surface area contributed by atoms with Gasteiger partial charge in [-0.05, 0) is 48.4 Å². The molecule has 28 heavy (non-hydrogen) atoms. The molecule has 1 N–H and O–H groups in total. The lowest BCUT2D eigenvalue weighted by Gasteiger charge is -2.20. The van der Waals surface area contributed by atoms with E-state index in [1.807, 2.05) is 19.1 Å². The Bertz CT molecular complexity index is 926. The number of carbonyl (C=O) groups is 1. The van der Waals surface area contributed by atoms with Crippen LogP contribution in [0.5, 0.6) is 11.5 Å². The predicted octanol–water partition coefficient (Wildman–Crippen LogP) is 2.98. The molecule has 2 aromatic rings. The Morgan fingerprint density at radius 1 is 1.07 bits per heavy atom. The summed E-state index contributed by atoms with van der Waals surface area (Å²) in [5.41, 5.74) is 1.84. The van der Waals surface area contributed by atoms with Gasteiger partial charge in [-0.3, -0.25) is 9.10 Å². The van der Waals surface area contributed by atoms with Crippen LogP contribution < -0.4 is 19.1 Å². The van der Waals surface area contributed by atoms with E-state index in [4.69, 9.17) is 9.47 Å². The summed E-state index contributed by atoms with van der Waals surface area (Å²) >= 11 is 0. The number of hydrogen-bond donors (Lipinski definition) is 1. The lowest BCUT2D eigenvalue weighted by Crippen LogP contribution is -2.28. The summed E-state index contributed by atoms with van der Waals surface area (Å²) < 4.78 is 35.0. The third kappa shape index (κ3) is 4.95. The Kier molecular flexibility index (Phi) is 6.90. The van der Waals surface area contributed by atoms with Crippen molar-refractivity contribution >= 4 is 21.6 Å². The van der Waals surface area contributed by atoms with Crippen LogP contribution in [0.3, 0.4) is 0 Å². The highest BCUT2D eigenvalue weighted by molar-refractivity contribution is 7.92. The first kappa shape index (κ1) is 21.6. The third-order valence-corrected chi connectivity index (χ3v) is 5.72. The van der Waals surface area contributed by atoms with E-state index in [1.165, 1.54) is 7.05 Å². The van der Waals surface area contributed by atoms with Gasteiger partial charge in [0.05, 0.1) is 32.2 Å². The van der Waals surface area contributed by atoms with Crippen molar-refractivity contribution < 1.29 is 22.7 Å². The Morgan fingerprint density at radius 3 is 2.18 bits per heavy atom. The van der Waals surface area contributed by atoms with Crippen LogP contribution in [0.1, 0.15) is 35.3 Å².